The van der Waals surface area contributed by atoms with Gasteiger partial charge >= 0.3 is 0 Å². The van der Waals surface area contributed by atoms with Crippen molar-refractivity contribution in [3.63, 3.8) is 0 Å². The van der Waals surface area contributed by atoms with Crippen LogP contribution in [0.3, 0.4) is 0 Å². The maximum Gasteiger partial charge on any atom is 0.00675 e. The molecule has 0 aromatic heterocycles. The van der Waals surface area contributed by atoms with Crippen molar-refractivity contribution in [2.24, 2.45) is 11.8 Å². The minimum atomic E-state index is 0.695. The van der Waals surface area contributed by atoms with Gasteiger partial charge in [-0.2, -0.15) is 0 Å². The molecule has 0 spiro atoms. The molecule has 0 heterocycles. The van der Waals surface area contributed by atoms with Crippen molar-refractivity contribution in [2.45, 2.75) is 53.5 Å². The fraction of sp³-hybridized carbons (Fsp3) is 1.00. The van der Waals surface area contributed by atoms with Gasteiger partial charge < -0.3 is 10.6 Å². The summed E-state index contributed by atoms with van der Waals surface area (Å²) >= 11 is 0. The molecule has 2 heteroatoms. The summed E-state index contributed by atoms with van der Waals surface area (Å²) in [6.45, 7) is 14.7. The van der Waals surface area contributed by atoms with Crippen LogP contribution in [0.15, 0.2) is 0 Å². The highest BCUT2D eigenvalue weighted by Crippen LogP contribution is 2.08. The Balaban J connectivity index is 3.67. The second kappa shape index (κ2) is 9.17. The Morgan fingerprint density at radius 3 is 2.13 bits per heavy atom. The quantitative estimate of drug-likeness (QED) is 0.616. The molecule has 2 nitrogen and oxygen atoms in total. The first-order chi connectivity index (χ1) is 7.10. The van der Waals surface area contributed by atoms with Crippen molar-refractivity contribution in [3.05, 3.63) is 0 Å². The predicted octanol–water partition coefficient (Wildman–Crippen LogP) is 2.65. The van der Waals surface area contributed by atoms with Crippen LogP contribution in [0.2, 0.25) is 0 Å². The maximum absolute atomic E-state index is 3.65. The van der Waals surface area contributed by atoms with E-state index in [1.54, 1.807) is 0 Å². The lowest BCUT2D eigenvalue weighted by atomic mass is 9.99. The Hall–Kier alpha value is -0.0800. The van der Waals surface area contributed by atoms with Crippen molar-refractivity contribution in [3.8, 4) is 0 Å². The Morgan fingerprint density at radius 1 is 1.00 bits per heavy atom. The van der Waals surface area contributed by atoms with Gasteiger partial charge in [0.25, 0.3) is 0 Å². The number of nitrogens with one attached hydrogen (secondary N) is 2. The Kier molecular flexibility index (Phi) is 9.12. The van der Waals surface area contributed by atoms with Gasteiger partial charge in [0.05, 0.1) is 0 Å². The summed E-state index contributed by atoms with van der Waals surface area (Å²) in [4.78, 5) is 0. The molecule has 0 aromatic carbocycles. The lowest BCUT2D eigenvalue weighted by Crippen LogP contribution is -2.35. The Labute approximate surface area is 96.2 Å². The second-order valence-corrected chi connectivity index (χ2v) is 5.06. The third kappa shape index (κ3) is 8.88. The van der Waals surface area contributed by atoms with Gasteiger partial charge in [-0.3, -0.25) is 0 Å². The van der Waals surface area contributed by atoms with E-state index in [-0.39, 0.29) is 0 Å². The van der Waals surface area contributed by atoms with Crippen molar-refractivity contribution < 1.29 is 0 Å². The molecule has 0 bridgehead atoms. The fourth-order valence-corrected chi connectivity index (χ4v) is 1.76. The first-order valence-electron chi connectivity index (χ1n) is 6.54. The van der Waals surface area contributed by atoms with E-state index in [1.165, 1.54) is 12.8 Å². The van der Waals surface area contributed by atoms with E-state index in [0.717, 1.165) is 31.5 Å². The van der Waals surface area contributed by atoms with Crippen LogP contribution < -0.4 is 10.6 Å². The zero-order chi connectivity index (χ0) is 11.7. The summed E-state index contributed by atoms with van der Waals surface area (Å²) in [6.07, 6.45) is 2.53. The van der Waals surface area contributed by atoms with Crippen LogP contribution in [0.25, 0.3) is 0 Å². The number of hydrogen-bond donors (Lipinski definition) is 2. The van der Waals surface area contributed by atoms with Crippen LogP contribution in [0, 0.1) is 11.8 Å². The molecule has 0 aliphatic carbocycles. The summed E-state index contributed by atoms with van der Waals surface area (Å²) in [5.41, 5.74) is 0. The van der Waals surface area contributed by atoms with E-state index in [0.29, 0.717) is 6.04 Å². The minimum absolute atomic E-state index is 0.695. The van der Waals surface area contributed by atoms with Crippen LogP contribution in [0.5, 0.6) is 0 Å². The summed E-state index contributed by atoms with van der Waals surface area (Å²) in [6, 6.07) is 0.695. The topological polar surface area (TPSA) is 24.1 Å². The highest BCUT2D eigenvalue weighted by Gasteiger charge is 2.10. The van der Waals surface area contributed by atoms with Gasteiger partial charge in [-0.15, -0.1) is 0 Å². The lowest BCUT2D eigenvalue weighted by Gasteiger charge is -2.22. The van der Waals surface area contributed by atoms with Gasteiger partial charge in [0.1, 0.15) is 0 Å². The van der Waals surface area contributed by atoms with Gasteiger partial charge in [0.15, 0.2) is 0 Å². The van der Waals surface area contributed by atoms with Gasteiger partial charge in [-0.25, -0.2) is 0 Å². The van der Waals surface area contributed by atoms with E-state index >= 15 is 0 Å². The van der Waals surface area contributed by atoms with E-state index in [2.05, 4.69) is 45.3 Å². The summed E-state index contributed by atoms with van der Waals surface area (Å²) in [5, 5.41) is 7.06. The minimum Gasteiger partial charge on any atom is -0.317 e. The summed E-state index contributed by atoms with van der Waals surface area (Å²) < 4.78 is 0. The molecule has 0 aromatic rings. The molecule has 15 heavy (non-hydrogen) atoms. The van der Waals surface area contributed by atoms with Gasteiger partial charge in [0.2, 0.25) is 0 Å². The molecule has 2 unspecified atom stereocenters. The van der Waals surface area contributed by atoms with Crippen LogP contribution in [-0.2, 0) is 0 Å². The normalized spacial score (nSPS) is 15.6. The molecule has 92 valence electrons. The first kappa shape index (κ1) is 14.9. The molecule has 0 aliphatic heterocycles. The van der Waals surface area contributed by atoms with Crippen LogP contribution in [-0.4, -0.2) is 25.7 Å². The zero-order valence-corrected chi connectivity index (χ0v) is 11.3. The monoisotopic (exact) mass is 214 g/mol. The Bertz CT molecular complexity index is 134. The van der Waals surface area contributed by atoms with Crippen molar-refractivity contribution in [2.75, 3.05) is 19.6 Å². The second-order valence-electron chi connectivity index (χ2n) is 5.06. The molecular formula is C13H30N2. The molecule has 0 amide bonds. The van der Waals surface area contributed by atoms with Crippen LogP contribution in [0.4, 0.5) is 0 Å². The molecule has 0 rings (SSSR count). The largest absolute Gasteiger partial charge is 0.317 e. The van der Waals surface area contributed by atoms with E-state index in [9.17, 15) is 0 Å². The zero-order valence-electron chi connectivity index (χ0n) is 11.3. The molecule has 0 fully saturated rings. The molecule has 0 radical (unpaired) electrons. The highest BCUT2D eigenvalue weighted by atomic mass is 14.9. The highest BCUT2D eigenvalue weighted by molar-refractivity contribution is 4.70. The van der Waals surface area contributed by atoms with E-state index < -0.39 is 0 Å². The first-order valence-corrected chi connectivity index (χ1v) is 6.54. The standard InChI is InChI=1S/C13H30N2/c1-6-13(15-9-11(3)4)8-12(5)10-14-7-2/h11-15H,6-10H2,1-5H3. The molecular weight excluding hydrogens is 184 g/mol. The maximum atomic E-state index is 3.65. The van der Waals surface area contributed by atoms with Gasteiger partial charge in [-0.1, -0.05) is 34.6 Å². The van der Waals surface area contributed by atoms with Crippen molar-refractivity contribution in [1.82, 2.24) is 10.6 Å². The van der Waals surface area contributed by atoms with E-state index in [4.69, 9.17) is 0 Å². The average Bonchev–Trinajstić information content (AvgIpc) is 2.20. The number of rotatable bonds is 9. The third-order valence-electron chi connectivity index (χ3n) is 2.74. The molecule has 2 atom stereocenters. The van der Waals surface area contributed by atoms with Gasteiger partial charge in [-0.05, 0) is 44.3 Å². The fourth-order valence-electron chi connectivity index (χ4n) is 1.76. The molecule has 0 saturated heterocycles. The molecule has 2 N–H and O–H groups in total. The summed E-state index contributed by atoms with van der Waals surface area (Å²) in [7, 11) is 0. The SMILES string of the molecule is CCNCC(C)CC(CC)NCC(C)C. The average molecular weight is 214 g/mol. The Morgan fingerprint density at radius 2 is 1.67 bits per heavy atom. The predicted molar refractivity (Wildman–Crippen MR) is 69.2 cm³/mol. The lowest BCUT2D eigenvalue weighted by molar-refractivity contribution is 0.366. The van der Waals surface area contributed by atoms with Crippen LogP contribution in [0.1, 0.15) is 47.5 Å². The molecule has 0 saturated carbocycles. The van der Waals surface area contributed by atoms with Crippen LogP contribution >= 0.6 is 0 Å². The van der Waals surface area contributed by atoms with Gasteiger partial charge in [0, 0.05) is 6.04 Å². The summed E-state index contributed by atoms with van der Waals surface area (Å²) in [5.74, 6) is 1.53. The molecule has 0 aliphatic rings. The number of hydrogen-bond acceptors (Lipinski definition) is 2. The van der Waals surface area contributed by atoms with E-state index in [1.807, 2.05) is 0 Å². The smallest absolute Gasteiger partial charge is 0.00675 e. The van der Waals surface area contributed by atoms with Crippen molar-refractivity contribution >= 4 is 0 Å². The third-order valence-corrected chi connectivity index (χ3v) is 2.74. The van der Waals surface area contributed by atoms with Crippen molar-refractivity contribution in [1.29, 1.82) is 0 Å².